The van der Waals surface area contributed by atoms with Crippen molar-refractivity contribution in [3.05, 3.63) is 0 Å². The summed E-state index contributed by atoms with van der Waals surface area (Å²) >= 11 is 0. The molecular weight excluding hydrogens is 266 g/mol. The van der Waals surface area contributed by atoms with Gasteiger partial charge in [-0.3, -0.25) is 4.79 Å². The number of methoxy groups -OCH3 is 1. The highest BCUT2D eigenvalue weighted by Crippen LogP contribution is 2.26. The van der Waals surface area contributed by atoms with Gasteiger partial charge in [-0.15, -0.1) is 0 Å². The minimum absolute atomic E-state index is 0.179. The Labute approximate surface area is 130 Å². The van der Waals surface area contributed by atoms with Crippen molar-refractivity contribution in [2.45, 2.75) is 77.4 Å². The molecule has 0 amide bonds. The molecule has 1 aliphatic rings. The number of hydrogen-bond donors (Lipinski definition) is 1. The van der Waals surface area contributed by atoms with Crippen molar-refractivity contribution in [3.63, 3.8) is 0 Å². The van der Waals surface area contributed by atoms with Gasteiger partial charge < -0.3 is 14.8 Å². The van der Waals surface area contributed by atoms with Crippen molar-refractivity contribution in [1.29, 1.82) is 0 Å². The Hall–Kier alpha value is -0.610. The van der Waals surface area contributed by atoms with Crippen LogP contribution < -0.4 is 5.32 Å². The topological polar surface area (TPSA) is 47.6 Å². The Morgan fingerprint density at radius 3 is 2.67 bits per heavy atom. The molecule has 1 N–H and O–H groups in total. The van der Waals surface area contributed by atoms with Gasteiger partial charge in [0, 0.05) is 6.61 Å². The highest BCUT2D eigenvalue weighted by atomic mass is 16.5. The van der Waals surface area contributed by atoms with E-state index < -0.39 is 5.54 Å². The largest absolute Gasteiger partial charge is 0.468 e. The maximum absolute atomic E-state index is 12.0. The molecule has 1 saturated carbocycles. The quantitative estimate of drug-likeness (QED) is 0.524. The summed E-state index contributed by atoms with van der Waals surface area (Å²) in [5.74, 6) is 0.492. The average Bonchev–Trinajstić information content (AvgIpc) is 2.50. The van der Waals surface area contributed by atoms with Crippen molar-refractivity contribution < 1.29 is 14.3 Å². The summed E-state index contributed by atoms with van der Waals surface area (Å²) in [5, 5.41) is 3.31. The fourth-order valence-electron chi connectivity index (χ4n) is 3.08. The molecule has 4 heteroatoms. The van der Waals surface area contributed by atoms with Crippen LogP contribution in [0.4, 0.5) is 0 Å². The molecule has 3 atom stereocenters. The lowest BCUT2D eigenvalue weighted by atomic mass is 9.88. The molecule has 0 spiro atoms. The first kappa shape index (κ1) is 18.4. The van der Waals surface area contributed by atoms with Crippen LogP contribution in [0.1, 0.15) is 65.7 Å². The molecule has 0 aromatic carbocycles. The van der Waals surface area contributed by atoms with E-state index in [4.69, 9.17) is 9.47 Å². The van der Waals surface area contributed by atoms with E-state index in [0.717, 1.165) is 32.4 Å². The summed E-state index contributed by atoms with van der Waals surface area (Å²) in [7, 11) is 1.45. The summed E-state index contributed by atoms with van der Waals surface area (Å²) in [5.41, 5.74) is -0.591. The number of carbonyl (C=O) groups is 1. The SMILES string of the molecule is CCCNC(C)(CCCOC1CCCCC1C)C(=O)OC. The lowest BCUT2D eigenvalue weighted by Gasteiger charge is -2.30. The molecule has 0 heterocycles. The third-order valence-electron chi connectivity index (χ3n) is 4.59. The van der Waals surface area contributed by atoms with E-state index in [9.17, 15) is 4.79 Å². The molecule has 4 nitrogen and oxygen atoms in total. The second-order valence-electron chi connectivity index (χ2n) is 6.53. The summed E-state index contributed by atoms with van der Waals surface area (Å²) in [6.07, 6.45) is 8.13. The van der Waals surface area contributed by atoms with E-state index >= 15 is 0 Å². The molecule has 0 aromatic heterocycles. The first-order chi connectivity index (χ1) is 10.0. The van der Waals surface area contributed by atoms with E-state index in [1.54, 1.807) is 0 Å². The van der Waals surface area contributed by atoms with Crippen LogP contribution in [0.15, 0.2) is 0 Å². The molecule has 0 aliphatic heterocycles. The van der Waals surface area contributed by atoms with Crippen LogP contribution in [-0.2, 0) is 14.3 Å². The molecule has 0 saturated heterocycles. The number of hydrogen-bond acceptors (Lipinski definition) is 4. The van der Waals surface area contributed by atoms with Crippen LogP contribution in [0.5, 0.6) is 0 Å². The van der Waals surface area contributed by atoms with Crippen LogP contribution >= 0.6 is 0 Å². The van der Waals surface area contributed by atoms with Crippen molar-refractivity contribution in [2.75, 3.05) is 20.3 Å². The smallest absolute Gasteiger partial charge is 0.325 e. The fourth-order valence-corrected chi connectivity index (χ4v) is 3.08. The minimum Gasteiger partial charge on any atom is -0.468 e. The van der Waals surface area contributed by atoms with Crippen LogP contribution in [0, 0.1) is 5.92 Å². The lowest BCUT2D eigenvalue weighted by Crippen LogP contribution is -2.50. The highest BCUT2D eigenvalue weighted by Gasteiger charge is 2.33. The van der Waals surface area contributed by atoms with Crippen LogP contribution in [0.25, 0.3) is 0 Å². The van der Waals surface area contributed by atoms with Crippen LogP contribution in [0.2, 0.25) is 0 Å². The fraction of sp³-hybridized carbons (Fsp3) is 0.941. The Bertz CT molecular complexity index is 308. The summed E-state index contributed by atoms with van der Waals surface area (Å²) < 4.78 is 11.0. The van der Waals surface area contributed by atoms with E-state index in [1.807, 2.05) is 6.92 Å². The van der Waals surface area contributed by atoms with Gasteiger partial charge in [0.2, 0.25) is 0 Å². The molecule has 1 rings (SSSR count). The molecule has 3 unspecified atom stereocenters. The highest BCUT2D eigenvalue weighted by molar-refractivity contribution is 5.80. The molecule has 1 fully saturated rings. The number of nitrogens with one attached hydrogen (secondary N) is 1. The van der Waals surface area contributed by atoms with Crippen molar-refractivity contribution >= 4 is 5.97 Å². The Balaban J connectivity index is 2.33. The van der Waals surface area contributed by atoms with Gasteiger partial charge in [-0.2, -0.15) is 0 Å². The van der Waals surface area contributed by atoms with Crippen LogP contribution in [-0.4, -0.2) is 37.9 Å². The number of esters is 1. The second-order valence-corrected chi connectivity index (χ2v) is 6.53. The number of carbonyl (C=O) groups excluding carboxylic acids is 1. The van der Waals surface area contributed by atoms with Crippen LogP contribution in [0.3, 0.4) is 0 Å². The second kappa shape index (κ2) is 9.42. The zero-order valence-corrected chi connectivity index (χ0v) is 14.2. The minimum atomic E-state index is -0.591. The van der Waals surface area contributed by atoms with Gasteiger partial charge in [0.1, 0.15) is 5.54 Å². The summed E-state index contributed by atoms with van der Waals surface area (Å²) in [6.45, 7) is 7.86. The zero-order chi connectivity index (χ0) is 15.7. The molecular formula is C17H33NO3. The van der Waals surface area contributed by atoms with E-state index in [-0.39, 0.29) is 5.97 Å². The molecule has 124 valence electrons. The molecule has 1 aliphatic carbocycles. The van der Waals surface area contributed by atoms with Gasteiger partial charge in [0.25, 0.3) is 0 Å². The molecule has 0 radical (unpaired) electrons. The van der Waals surface area contributed by atoms with E-state index in [2.05, 4.69) is 19.2 Å². The summed E-state index contributed by atoms with van der Waals surface area (Å²) in [4.78, 5) is 12.0. The standard InChI is InChI=1S/C17H33NO3/c1-5-12-18-17(3,16(19)20-4)11-8-13-21-15-10-7-6-9-14(15)2/h14-15,18H,5-13H2,1-4H3. The Morgan fingerprint density at radius 2 is 2.05 bits per heavy atom. The van der Waals surface area contributed by atoms with Gasteiger partial charge in [0.15, 0.2) is 0 Å². The Kier molecular flexibility index (Phi) is 8.27. The number of rotatable bonds is 9. The van der Waals surface area contributed by atoms with E-state index in [0.29, 0.717) is 12.0 Å². The first-order valence-electron chi connectivity index (χ1n) is 8.48. The molecule has 21 heavy (non-hydrogen) atoms. The maximum Gasteiger partial charge on any atom is 0.325 e. The maximum atomic E-state index is 12.0. The van der Waals surface area contributed by atoms with Crippen molar-refractivity contribution in [3.8, 4) is 0 Å². The molecule has 0 bridgehead atoms. The monoisotopic (exact) mass is 299 g/mol. The first-order valence-corrected chi connectivity index (χ1v) is 8.48. The number of ether oxygens (including phenoxy) is 2. The third kappa shape index (κ3) is 5.95. The van der Waals surface area contributed by atoms with Crippen molar-refractivity contribution in [2.24, 2.45) is 5.92 Å². The normalized spacial score (nSPS) is 25.3. The van der Waals surface area contributed by atoms with Gasteiger partial charge >= 0.3 is 5.97 Å². The predicted molar refractivity (Wildman–Crippen MR) is 85.3 cm³/mol. The summed E-state index contributed by atoms with van der Waals surface area (Å²) in [6, 6.07) is 0. The van der Waals surface area contributed by atoms with Crippen molar-refractivity contribution in [1.82, 2.24) is 5.32 Å². The predicted octanol–water partition coefficient (Wildman–Crippen LogP) is 3.29. The van der Waals surface area contributed by atoms with Gasteiger partial charge in [-0.05, 0) is 51.5 Å². The lowest BCUT2D eigenvalue weighted by molar-refractivity contribution is -0.148. The van der Waals surface area contributed by atoms with Gasteiger partial charge in [-0.25, -0.2) is 0 Å². The van der Waals surface area contributed by atoms with Gasteiger partial charge in [0.05, 0.1) is 13.2 Å². The molecule has 0 aromatic rings. The van der Waals surface area contributed by atoms with Gasteiger partial charge in [-0.1, -0.05) is 26.7 Å². The third-order valence-corrected chi connectivity index (χ3v) is 4.59. The Morgan fingerprint density at radius 1 is 1.33 bits per heavy atom. The zero-order valence-electron chi connectivity index (χ0n) is 14.2. The average molecular weight is 299 g/mol. The van der Waals surface area contributed by atoms with E-state index in [1.165, 1.54) is 32.8 Å².